The van der Waals surface area contributed by atoms with Gasteiger partial charge in [-0.2, -0.15) is 0 Å². The molecule has 0 radical (unpaired) electrons. The van der Waals surface area contributed by atoms with Crippen molar-refractivity contribution in [3.63, 3.8) is 0 Å². The predicted molar refractivity (Wildman–Crippen MR) is 183 cm³/mol. The Hall–Kier alpha value is -3.12. The van der Waals surface area contributed by atoms with Gasteiger partial charge in [0.05, 0.1) is 0 Å². The molecule has 0 aromatic heterocycles. The molecule has 0 nitrogen and oxygen atoms in total. The zero-order valence-electron chi connectivity index (χ0n) is 26.5. The van der Waals surface area contributed by atoms with Gasteiger partial charge in [0.15, 0.2) is 0 Å². The zero-order chi connectivity index (χ0) is 29.8. The molecule has 0 heterocycles. The zero-order valence-corrected chi connectivity index (χ0v) is 26.5. The van der Waals surface area contributed by atoms with Crippen molar-refractivity contribution in [3.8, 4) is 0 Å². The summed E-state index contributed by atoms with van der Waals surface area (Å²) in [6, 6.07) is 4.59. The summed E-state index contributed by atoms with van der Waals surface area (Å²) >= 11 is 0. The van der Waals surface area contributed by atoms with Gasteiger partial charge >= 0.3 is 0 Å². The molecule has 0 saturated heterocycles. The number of allylic oxidation sites excluding steroid dienone is 12. The number of benzene rings is 1. The van der Waals surface area contributed by atoms with Crippen molar-refractivity contribution >= 4 is 17.7 Å². The van der Waals surface area contributed by atoms with Gasteiger partial charge in [0, 0.05) is 5.41 Å². The molecule has 1 aliphatic carbocycles. The van der Waals surface area contributed by atoms with Crippen LogP contribution in [0.3, 0.4) is 0 Å². The lowest BCUT2D eigenvalue weighted by molar-refractivity contribution is 0.360. The summed E-state index contributed by atoms with van der Waals surface area (Å²) in [5, 5.41) is 0. The Morgan fingerprint density at radius 2 is 1.38 bits per heavy atom. The van der Waals surface area contributed by atoms with Crippen LogP contribution < -0.4 is 0 Å². The second-order valence-electron chi connectivity index (χ2n) is 9.30. The monoisotopic (exact) mass is 524 g/mol. The largest absolute Gasteiger partial charge is 0.0991 e. The number of rotatable bonds is 13. The summed E-state index contributed by atoms with van der Waals surface area (Å²) in [5.41, 5.74) is 10.1. The van der Waals surface area contributed by atoms with Gasteiger partial charge in [-0.25, -0.2) is 0 Å². The van der Waals surface area contributed by atoms with Crippen LogP contribution in [0.1, 0.15) is 109 Å². The molecular formula is C39H56. The van der Waals surface area contributed by atoms with Gasteiger partial charge in [0.25, 0.3) is 0 Å². The van der Waals surface area contributed by atoms with E-state index in [0.29, 0.717) is 0 Å². The first kappa shape index (κ1) is 35.9. The highest BCUT2D eigenvalue weighted by Gasteiger charge is 2.45. The van der Waals surface area contributed by atoms with Crippen molar-refractivity contribution < 1.29 is 0 Å². The Morgan fingerprint density at radius 3 is 1.85 bits per heavy atom. The summed E-state index contributed by atoms with van der Waals surface area (Å²) in [6.07, 6.45) is 27.7. The van der Waals surface area contributed by atoms with Crippen LogP contribution in [0.4, 0.5) is 0 Å². The highest BCUT2D eigenvalue weighted by Crippen LogP contribution is 2.59. The first-order valence-electron chi connectivity index (χ1n) is 15.1. The first-order valence-corrected chi connectivity index (χ1v) is 15.1. The molecule has 0 heteroatoms. The molecule has 1 aromatic rings. The standard InChI is InChI=1S/C35H44.2C2H6/c1-9-16-19-22-33-30(21-13-5)34(31-26-29(20-12-4)28(14-6)25-27(31)8)32(15-7)35(33,23-17-10-2)24-18-11-3;2*1-2/h9,12-16,19-22,25-26H,1,5-7,10-11,17-18,23-24H2,2-4,8H3;2*1-2H3/b19-16+,20-12-,30-21-,33-22+;;. The van der Waals surface area contributed by atoms with E-state index in [1.807, 2.05) is 52.0 Å². The number of hydrogen-bond acceptors (Lipinski definition) is 0. The molecule has 0 saturated carbocycles. The molecule has 0 aliphatic heterocycles. The summed E-state index contributed by atoms with van der Waals surface area (Å²) in [7, 11) is 0. The third-order valence-corrected chi connectivity index (χ3v) is 7.04. The van der Waals surface area contributed by atoms with Crippen molar-refractivity contribution in [1.29, 1.82) is 0 Å². The third kappa shape index (κ3) is 8.69. The van der Waals surface area contributed by atoms with Gasteiger partial charge in [-0.15, -0.1) is 0 Å². The van der Waals surface area contributed by atoms with E-state index in [9.17, 15) is 0 Å². The maximum atomic E-state index is 4.37. The summed E-state index contributed by atoms with van der Waals surface area (Å²) in [4.78, 5) is 0. The van der Waals surface area contributed by atoms with E-state index in [1.54, 1.807) is 0 Å². The molecule has 2 rings (SSSR count). The molecule has 1 aromatic carbocycles. The summed E-state index contributed by atoms with van der Waals surface area (Å²) < 4.78 is 0. The van der Waals surface area contributed by atoms with E-state index in [1.165, 1.54) is 64.7 Å². The fourth-order valence-electron chi connectivity index (χ4n) is 5.42. The minimum atomic E-state index is -0.0617. The van der Waals surface area contributed by atoms with Crippen molar-refractivity contribution in [2.24, 2.45) is 5.41 Å². The maximum absolute atomic E-state index is 4.37. The average Bonchev–Trinajstić information content (AvgIpc) is 3.22. The molecule has 0 spiro atoms. The Bertz CT molecular complexity index is 1080. The maximum Gasteiger partial charge on any atom is 0.0215 e. The Balaban J connectivity index is 0.00000344. The van der Waals surface area contributed by atoms with Gasteiger partial charge in [0.2, 0.25) is 0 Å². The average molecular weight is 525 g/mol. The SMILES string of the molecule is C=C\C=C1/C(c2cc(/C=C\C)c(C=C)cc2C)=C(C=C)C(CCCC)(CCCC)/C1=C/C=C/C=C.CC.CC. The van der Waals surface area contributed by atoms with E-state index < -0.39 is 0 Å². The third-order valence-electron chi connectivity index (χ3n) is 7.04. The van der Waals surface area contributed by atoms with Crippen LogP contribution >= 0.6 is 0 Å². The van der Waals surface area contributed by atoms with Crippen molar-refractivity contribution in [2.75, 3.05) is 0 Å². The van der Waals surface area contributed by atoms with Gasteiger partial charge in [-0.05, 0) is 77.3 Å². The van der Waals surface area contributed by atoms with Crippen LogP contribution in [0, 0.1) is 12.3 Å². The second kappa shape index (κ2) is 19.9. The molecule has 0 fully saturated rings. The van der Waals surface area contributed by atoms with E-state index in [-0.39, 0.29) is 5.41 Å². The van der Waals surface area contributed by atoms with E-state index >= 15 is 0 Å². The lowest BCUT2D eigenvalue weighted by atomic mass is 9.69. The fraction of sp³-hybridized carbons (Fsp3) is 0.385. The van der Waals surface area contributed by atoms with Crippen LogP contribution in [-0.2, 0) is 0 Å². The molecule has 0 N–H and O–H groups in total. The predicted octanol–water partition coefficient (Wildman–Crippen LogP) is 12.8. The highest BCUT2D eigenvalue weighted by atomic mass is 14.5. The minimum absolute atomic E-state index is 0.0617. The molecule has 0 unspecified atom stereocenters. The minimum Gasteiger partial charge on any atom is -0.0991 e. The number of hydrogen-bond donors (Lipinski definition) is 0. The van der Waals surface area contributed by atoms with Gasteiger partial charge in [-0.3, -0.25) is 0 Å². The molecule has 1 aliphatic rings. The lowest BCUT2D eigenvalue weighted by Gasteiger charge is -2.34. The Labute approximate surface area is 242 Å². The van der Waals surface area contributed by atoms with Gasteiger partial charge in [-0.1, -0.05) is 160 Å². The van der Waals surface area contributed by atoms with Crippen LogP contribution in [0.5, 0.6) is 0 Å². The van der Waals surface area contributed by atoms with Crippen molar-refractivity contribution in [1.82, 2.24) is 0 Å². The lowest BCUT2D eigenvalue weighted by Crippen LogP contribution is -2.22. The molecule has 0 bridgehead atoms. The number of unbranched alkanes of at least 4 members (excludes halogenated alkanes) is 2. The van der Waals surface area contributed by atoms with E-state index in [0.717, 1.165) is 18.4 Å². The highest BCUT2D eigenvalue weighted by molar-refractivity contribution is 5.95. The summed E-state index contributed by atoms with van der Waals surface area (Å²) in [6.45, 7) is 33.2. The van der Waals surface area contributed by atoms with Crippen LogP contribution in [-0.4, -0.2) is 0 Å². The fourth-order valence-corrected chi connectivity index (χ4v) is 5.42. The second-order valence-corrected chi connectivity index (χ2v) is 9.30. The van der Waals surface area contributed by atoms with Crippen LogP contribution in [0.2, 0.25) is 0 Å². The molecular weight excluding hydrogens is 468 g/mol. The molecule has 39 heavy (non-hydrogen) atoms. The van der Waals surface area contributed by atoms with Crippen LogP contribution in [0.15, 0.2) is 104 Å². The normalized spacial score (nSPS) is 16.2. The molecule has 0 atom stereocenters. The smallest absolute Gasteiger partial charge is 0.0215 e. The van der Waals surface area contributed by atoms with Crippen molar-refractivity contribution in [2.45, 2.75) is 93.9 Å². The van der Waals surface area contributed by atoms with Gasteiger partial charge < -0.3 is 0 Å². The number of aryl methyl sites for hydroxylation is 1. The van der Waals surface area contributed by atoms with Crippen LogP contribution in [0.25, 0.3) is 17.7 Å². The Kier molecular flexibility index (Phi) is 18.3. The topological polar surface area (TPSA) is 0 Å². The van der Waals surface area contributed by atoms with E-state index in [4.69, 9.17) is 0 Å². The molecule has 0 amide bonds. The first-order chi connectivity index (χ1) is 19.0. The quantitative estimate of drug-likeness (QED) is 0.225. The summed E-state index contributed by atoms with van der Waals surface area (Å²) in [5.74, 6) is 0. The van der Waals surface area contributed by atoms with E-state index in [2.05, 4.69) is 103 Å². The van der Waals surface area contributed by atoms with Gasteiger partial charge in [0.1, 0.15) is 0 Å². The Morgan fingerprint density at radius 1 is 0.769 bits per heavy atom. The van der Waals surface area contributed by atoms with Crippen molar-refractivity contribution in [3.05, 3.63) is 126 Å². The molecule has 212 valence electrons.